The highest BCUT2D eigenvalue weighted by Gasteiger charge is 2.41. The van der Waals surface area contributed by atoms with E-state index in [0.717, 1.165) is 66.7 Å². The summed E-state index contributed by atoms with van der Waals surface area (Å²) in [4.78, 5) is 29.1. The molecule has 10 rings (SSSR count). The number of pyridine rings is 2. The number of imidazole rings is 2. The molecule has 80 heavy (non-hydrogen) atoms. The molecular weight excluding hydrogens is 1090 g/mol. The Labute approximate surface area is 457 Å². The van der Waals surface area contributed by atoms with Gasteiger partial charge in [0, 0.05) is 100.0 Å². The molecule has 2 saturated carbocycles. The topological polar surface area (TPSA) is 181 Å². The van der Waals surface area contributed by atoms with Gasteiger partial charge >= 0.3 is 23.7 Å². The lowest BCUT2D eigenvalue weighted by Crippen LogP contribution is -2.42. The highest BCUT2D eigenvalue weighted by atomic mass is 32.2. The quantitative estimate of drug-likeness (QED) is 0.0579. The van der Waals surface area contributed by atoms with Gasteiger partial charge in [0.1, 0.15) is 24.3 Å². The number of hydrogen-bond donors (Lipinski definition) is 0. The molecule has 18 nitrogen and oxygen atoms in total. The monoisotopic (exact) mass is 1150 g/mol. The Morgan fingerprint density at radius 1 is 0.688 bits per heavy atom. The number of aryl methyl sites for hydroxylation is 2. The molecule has 0 N–H and O–H groups in total. The second-order valence-electron chi connectivity index (χ2n) is 20.7. The summed E-state index contributed by atoms with van der Waals surface area (Å²) >= 11 is 0. The van der Waals surface area contributed by atoms with Crippen LogP contribution in [0.1, 0.15) is 103 Å². The van der Waals surface area contributed by atoms with E-state index >= 15 is 17.4 Å². The zero-order chi connectivity index (χ0) is 57.2. The van der Waals surface area contributed by atoms with Gasteiger partial charge in [0.25, 0.3) is 0 Å². The second-order valence-corrected chi connectivity index (χ2v) is 25.7. The first-order valence-corrected chi connectivity index (χ1v) is 29.6. The zero-order valence-corrected chi connectivity index (χ0v) is 46.4. The largest absolute Gasteiger partial charge is 0.418 e. The smallest absolute Gasteiger partial charge is 0.383 e. The van der Waals surface area contributed by atoms with Crippen molar-refractivity contribution in [2.45, 2.75) is 83.2 Å². The van der Waals surface area contributed by atoms with Crippen molar-refractivity contribution in [3.8, 4) is 11.4 Å². The Balaban J connectivity index is 0.971. The number of methoxy groups -OCH3 is 1. The minimum absolute atomic E-state index is 0.000139. The van der Waals surface area contributed by atoms with Crippen LogP contribution in [0.25, 0.3) is 22.4 Å². The Morgan fingerprint density at radius 3 is 1.56 bits per heavy atom. The van der Waals surface area contributed by atoms with Crippen LogP contribution in [0.5, 0.6) is 0 Å². The van der Waals surface area contributed by atoms with Crippen LogP contribution in [-0.4, -0.2) is 112 Å². The van der Waals surface area contributed by atoms with E-state index < -0.39 is 66.0 Å². The van der Waals surface area contributed by atoms with Crippen molar-refractivity contribution >= 4 is 35.6 Å². The normalized spacial score (nSPS) is 16.4. The SMILES string of the molecule is CCN(Cc1cc(C(F)(F)F)c2cn(-c3cccc([C@H](c4nncn4C)C4CC(=S(C)(=O)N(CCOC)Cc5cc(C(F)(F)F)c6cn(-c7cccc([C@H](c8nncn8C)C8CCC8)c7)c(=O)n6c5)C4)c3)c(=O)n2c1)S(=O)(=O)CC. The van der Waals surface area contributed by atoms with Crippen LogP contribution in [0.3, 0.4) is 0 Å². The molecule has 0 amide bonds. The van der Waals surface area contributed by atoms with Crippen molar-refractivity contribution in [2.24, 2.45) is 25.9 Å². The van der Waals surface area contributed by atoms with E-state index in [1.807, 2.05) is 23.7 Å². The number of benzene rings is 2. The lowest BCUT2D eigenvalue weighted by atomic mass is 9.72. The summed E-state index contributed by atoms with van der Waals surface area (Å²) in [6.45, 7) is 2.49. The number of halogens is 6. The summed E-state index contributed by atoms with van der Waals surface area (Å²) in [6.07, 6.45) is 3.27. The molecule has 3 atom stereocenters. The third-order valence-electron chi connectivity index (χ3n) is 15.8. The van der Waals surface area contributed by atoms with Crippen molar-refractivity contribution < 1.29 is 43.7 Å². The first-order valence-electron chi connectivity index (χ1n) is 26.0. The van der Waals surface area contributed by atoms with Gasteiger partial charge in [0.2, 0.25) is 10.0 Å². The number of sulfonamides is 1. The molecule has 2 fully saturated rings. The van der Waals surface area contributed by atoms with Crippen LogP contribution in [-0.2, 0) is 64.0 Å². The Bertz CT molecular complexity index is 4000. The molecule has 8 aromatic rings. The number of fused-ring (bicyclic) bond motifs is 2. The lowest BCUT2D eigenvalue weighted by Gasteiger charge is -2.39. The third-order valence-corrected chi connectivity index (χ3v) is 20.4. The van der Waals surface area contributed by atoms with Crippen LogP contribution >= 0.6 is 0 Å². The maximum atomic E-state index is 15.3. The maximum absolute atomic E-state index is 15.3. The average molecular weight is 1150 g/mol. The van der Waals surface area contributed by atoms with E-state index in [2.05, 4.69) is 20.4 Å². The molecular formula is C54H60F6N12O6S2. The molecule has 6 aromatic heterocycles. The fraction of sp³-hybridized carbons (Fsp3) is 0.426. The van der Waals surface area contributed by atoms with Crippen molar-refractivity contribution in [1.29, 1.82) is 0 Å². The molecule has 2 aromatic carbocycles. The number of hydrogen-bond acceptors (Lipinski definition) is 10. The fourth-order valence-corrected chi connectivity index (χ4v) is 14.6. The van der Waals surface area contributed by atoms with Crippen LogP contribution in [0.15, 0.2) is 108 Å². The standard InChI is InChI=1S/C54H60F6N12O6S2/c1-7-67(80(76,77)8-2)26-34-20-43(53(55,56)57)45-30-70(51(73)71(45)28-34)41-17-11-15-38(23-41)48(50-64-62-33-66(50)4)39-24-42(25-39)79(6,75)68(18-19-78-5)27-35-21-44(54(58,59)60)46-31-69(52(74)72(46)29-35)40-16-10-14-37(22-40)47(36-12-9-13-36)49-63-61-32-65(49)3/h10-11,14-17,20-23,28-33,36,39,47-48H,7-9,12-13,18-19,24-27H2,1-6H3/t47-,48+,79?/m1/s1. The van der Waals surface area contributed by atoms with Gasteiger partial charge in [-0.05, 0) is 108 Å². The van der Waals surface area contributed by atoms with Gasteiger partial charge in [-0.25, -0.2) is 22.3 Å². The number of alkyl halides is 6. The van der Waals surface area contributed by atoms with Gasteiger partial charge in [0.15, 0.2) is 0 Å². The lowest BCUT2D eigenvalue weighted by molar-refractivity contribution is -0.137. The van der Waals surface area contributed by atoms with Crippen LogP contribution < -0.4 is 11.4 Å². The van der Waals surface area contributed by atoms with Crippen LogP contribution in [0, 0.1) is 11.8 Å². The Hall–Kier alpha value is -6.87. The van der Waals surface area contributed by atoms with E-state index in [9.17, 15) is 31.2 Å². The first kappa shape index (κ1) is 56.4. The van der Waals surface area contributed by atoms with Crippen molar-refractivity contribution in [1.82, 2.24) is 56.1 Å². The maximum Gasteiger partial charge on any atom is 0.418 e. The molecule has 26 heteroatoms. The van der Waals surface area contributed by atoms with Crippen LogP contribution in [0.2, 0.25) is 0 Å². The van der Waals surface area contributed by atoms with Gasteiger partial charge < -0.3 is 13.9 Å². The molecule has 1 unspecified atom stereocenters. The molecule has 0 bridgehead atoms. The minimum Gasteiger partial charge on any atom is -0.383 e. The van der Waals surface area contributed by atoms with Crippen molar-refractivity contribution in [3.05, 3.63) is 164 Å². The number of nitrogens with zero attached hydrogens (tertiary/aromatic N) is 12. The zero-order valence-electron chi connectivity index (χ0n) is 44.7. The Morgan fingerprint density at radius 2 is 1.16 bits per heavy atom. The van der Waals surface area contributed by atoms with E-state index in [1.165, 1.54) is 49.8 Å². The predicted molar refractivity (Wildman–Crippen MR) is 289 cm³/mol. The fourth-order valence-electron chi connectivity index (χ4n) is 11.2. The minimum atomic E-state index is -4.91. The highest BCUT2D eigenvalue weighted by molar-refractivity contribution is 7.99. The summed E-state index contributed by atoms with van der Waals surface area (Å²) in [5, 5.41) is 17.0. The molecule has 0 saturated heterocycles. The molecule has 6 heterocycles. The third kappa shape index (κ3) is 10.5. The molecule has 0 aliphatic heterocycles. The molecule has 0 spiro atoms. The summed E-state index contributed by atoms with van der Waals surface area (Å²) in [5.74, 6) is 0.294. The average Bonchev–Trinajstić information content (AvgIpc) is 4.36. The van der Waals surface area contributed by atoms with E-state index in [-0.39, 0.29) is 91.5 Å². The van der Waals surface area contributed by atoms with Crippen LogP contribution in [0.4, 0.5) is 26.3 Å². The van der Waals surface area contributed by atoms with E-state index in [1.54, 1.807) is 65.6 Å². The highest BCUT2D eigenvalue weighted by Crippen LogP contribution is 2.45. The summed E-state index contributed by atoms with van der Waals surface area (Å²) < 4.78 is 146. The number of rotatable bonds is 19. The predicted octanol–water partition coefficient (Wildman–Crippen LogP) is 7.58. The molecule has 426 valence electrons. The van der Waals surface area contributed by atoms with Gasteiger partial charge in [-0.3, -0.25) is 22.1 Å². The van der Waals surface area contributed by atoms with Crippen molar-refractivity contribution in [3.63, 3.8) is 0 Å². The van der Waals surface area contributed by atoms with Gasteiger partial charge in [0.05, 0.1) is 45.9 Å². The Kier molecular flexibility index (Phi) is 15.2. The van der Waals surface area contributed by atoms with Gasteiger partial charge in [-0.1, -0.05) is 37.6 Å². The summed E-state index contributed by atoms with van der Waals surface area (Å²) in [5.41, 5.74) is -2.39. The van der Waals surface area contributed by atoms with E-state index in [4.69, 9.17) is 4.74 Å². The van der Waals surface area contributed by atoms with Crippen molar-refractivity contribution in [2.75, 3.05) is 38.8 Å². The number of aromatic nitrogens is 10. The molecule has 2 aliphatic rings. The molecule has 2 aliphatic carbocycles. The first-order chi connectivity index (χ1) is 37.9. The summed E-state index contributed by atoms with van der Waals surface area (Å²) in [6, 6.07) is 15.7. The number of ether oxygens (including phenoxy) is 1. The summed E-state index contributed by atoms with van der Waals surface area (Å²) in [7, 11) is -1.88. The molecule has 0 radical (unpaired) electrons. The van der Waals surface area contributed by atoms with Gasteiger partial charge in [-0.15, -0.1) is 20.4 Å². The second kappa shape index (κ2) is 21.6. The van der Waals surface area contributed by atoms with Gasteiger partial charge in [-0.2, -0.15) is 30.6 Å². The van der Waals surface area contributed by atoms with E-state index in [0.29, 0.717) is 21.9 Å².